The van der Waals surface area contributed by atoms with Gasteiger partial charge in [-0.05, 0) is 63.7 Å². The number of hydrogen-bond acceptors (Lipinski definition) is 3. The van der Waals surface area contributed by atoms with E-state index < -0.39 is 0 Å². The predicted molar refractivity (Wildman–Crippen MR) is 207 cm³/mol. The molecule has 0 atom stereocenters. The largest absolute Gasteiger partial charge is 0.310 e. The molecule has 8 aromatic rings. The number of thiazole rings is 1. The second-order valence-electron chi connectivity index (χ2n) is 13.5. The van der Waals surface area contributed by atoms with E-state index in [0.717, 1.165) is 22.1 Å². The summed E-state index contributed by atoms with van der Waals surface area (Å²) in [5, 5.41) is 3.58. The smallest absolute Gasteiger partial charge is 0.125 e. The Morgan fingerprint density at radius 1 is 0.510 bits per heavy atom. The standard InChI is InChI=1S/C46H32N2S/c1-46(2)39-23-12-11-19-33(39)34-25-24-31(28-40(34)46)48(30-16-7-4-8-17-30)41-27-26-37-42-36(41)21-13-22-38(42)44-43(37)47-45(49-44)35-20-10-9-18-32(35)29-14-5-3-6-15-29/h3-28H,1-2H3. The maximum Gasteiger partial charge on any atom is 0.125 e. The van der Waals surface area contributed by atoms with Crippen LogP contribution in [0.1, 0.15) is 25.0 Å². The summed E-state index contributed by atoms with van der Waals surface area (Å²) in [6.07, 6.45) is 0. The third-order valence-corrected chi connectivity index (χ3v) is 11.6. The highest BCUT2D eigenvalue weighted by Gasteiger charge is 2.36. The first-order valence-corrected chi connectivity index (χ1v) is 17.7. The van der Waals surface area contributed by atoms with E-state index in [1.54, 1.807) is 11.3 Å². The van der Waals surface area contributed by atoms with E-state index in [2.05, 4.69) is 176 Å². The van der Waals surface area contributed by atoms with Gasteiger partial charge in [0.05, 0.1) is 16.3 Å². The minimum atomic E-state index is -0.0803. The second-order valence-corrected chi connectivity index (χ2v) is 14.5. The SMILES string of the molecule is CC1(C)c2ccccc2-c2ccc(N(c3ccccc3)c3ccc4c5c(cccc35)-c3sc(-c5ccccc5-c5ccccc5)nc3-4)cc21. The lowest BCUT2D eigenvalue weighted by Gasteiger charge is -2.29. The van der Waals surface area contributed by atoms with Gasteiger partial charge < -0.3 is 4.90 Å². The first-order chi connectivity index (χ1) is 24.1. The monoisotopic (exact) mass is 644 g/mol. The van der Waals surface area contributed by atoms with Gasteiger partial charge in [0.25, 0.3) is 0 Å². The molecule has 1 aromatic heterocycles. The summed E-state index contributed by atoms with van der Waals surface area (Å²) >= 11 is 1.80. The van der Waals surface area contributed by atoms with E-state index in [0.29, 0.717) is 0 Å². The van der Waals surface area contributed by atoms with Crippen LogP contribution >= 0.6 is 11.3 Å². The van der Waals surface area contributed by atoms with Crippen molar-refractivity contribution in [1.82, 2.24) is 4.98 Å². The van der Waals surface area contributed by atoms with Gasteiger partial charge in [0.15, 0.2) is 0 Å². The Labute approximate surface area is 290 Å². The van der Waals surface area contributed by atoms with Crippen LogP contribution in [0.5, 0.6) is 0 Å². The number of fused-ring (bicyclic) bond motifs is 6. The number of anilines is 3. The maximum absolute atomic E-state index is 5.36. The second kappa shape index (κ2) is 10.6. The Morgan fingerprint density at radius 2 is 1.16 bits per heavy atom. The summed E-state index contributed by atoms with van der Waals surface area (Å²) in [6, 6.07) is 57.3. The average Bonchev–Trinajstić information content (AvgIpc) is 3.79. The Morgan fingerprint density at radius 3 is 1.98 bits per heavy atom. The van der Waals surface area contributed by atoms with Crippen LogP contribution in [-0.4, -0.2) is 4.98 Å². The van der Waals surface area contributed by atoms with Gasteiger partial charge in [0.1, 0.15) is 5.01 Å². The molecule has 0 amide bonds. The van der Waals surface area contributed by atoms with Gasteiger partial charge in [-0.2, -0.15) is 0 Å². The first-order valence-electron chi connectivity index (χ1n) is 16.9. The van der Waals surface area contributed by atoms with Crippen LogP contribution in [0.15, 0.2) is 158 Å². The lowest BCUT2D eigenvalue weighted by molar-refractivity contribution is 0.660. The van der Waals surface area contributed by atoms with Crippen LogP contribution in [-0.2, 0) is 5.41 Å². The fraction of sp³-hybridized carbons (Fsp3) is 0.0652. The summed E-state index contributed by atoms with van der Waals surface area (Å²) in [5.41, 5.74) is 16.0. The van der Waals surface area contributed by atoms with Crippen molar-refractivity contribution in [2.75, 3.05) is 4.90 Å². The predicted octanol–water partition coefficient (Wildman–Crippen LogP) is 13.1. The minimum absolute atomic E-state index is 0.0803. The Kier molecular flexibility index (Phi) is 6.12. The summed E-state index contributed by atoms with van der Waals surface area (Å²) in [7, 11) is 0. The zero-order chi connectivity index (χ0) is 32.7. The third kappa shape index (κ3) is 4.16. The number of hydrogen-bond donors (Lipinski definition) is 0. The number of aromatic nitrogens is 1. The first kappa shape index (κ1) is 28.3. The molecule has 0 aliphatic heterocycles. The molecule has 0 spiro atoms. The van der Waals surface area contributed by atoms with Crippen molar-refractivity contribution in [3.63, 3.8) is 0 Å². The van der Waals surface area contributed by atoms with Crippen molar-refractivity contribution >= 4 is 39.2 Å². The fourth-order valence-corrected chi connectivity index (χ4v) is 9.30. The fourth-order valence-electron chi connectivity index (χ4n) is 8.15. The highest BCUT2D eigenvalue weighted by Crippen LogP contribution is 2.55. The van der Waals surface area contributed by atoms with Crippen molar-refractivity contribution in [1.29, 1.82) is 0 Å². The number of nitrogens with zero attached hydrogens (tertiary/aromatic N) is 2. The average molecular weight is 645 g/mol. The maximum atomic E-state index is 5.36. The molecule has 7 aromatic carbocycles. The van der Waals surface area contributed by atoms with Crippen LogP contribution in [0.3, 0.4) is 0 Å². The normalized spacial score (nSPS) is 13.3. The summed E-state index contributed by atoms with van der Waals surface area (Å²) in [6.45, 7) is 4.70. The van der Waals surface area contributed by atoms with Crippen LogP contribution < -0.4 is 4.90 Å². The van der Waals surface area contributed by atoms with E-state index in [4.69, 9.17) is 4.98 Å². The molecule has 1 heterocycles. The Hall–Kier alpha value is -5.77. The molecule has 0 unspecified atom stereocenters. The van der Waals surface area contributed by atoms with Gasteiger partial charge in [0.2, 0.25) is 0 Å². The van der Waals surface area contributed by atoms with Crippen LogP contribution in [0, 0.1) is 0 Å². The molecular formula is C46H32N2S. The van der Waals surface area contributed by atoms with Crippen molar-refractivity contribution in [2.24, 2.45) is 0 Å². The quantitative estimate of drug-likeness (QED) is 0.185. The molecule has 49 heavy (non-hydrogen) atoms. The molecule has 2 aliphatic rings. The van der Waals surface area contributed by atoms with Crippen LogP contribution in [0.2, 0.25) is 0 Å². The Balaban J connectivity index is 1.13. The molecule has 0 fully saturated rings. The zero-order valence-electron chi connectivity index (χ0n) is 27.3. The molecule has 0 saturated carbocycles. The number of rotatable bonds is 5. The van der Waals surface area contributed by atoms with E-state index in [1.165, 1.54) is 71.4 Å². The molecule has 0 bridgehead atoms. The molecule has 232 valence electrons. The zero-order valence-corrected chi connectivity index (χ0v) is 28.1. The molecular weight excluding hydrogens is 613 g/mol. The van der Waals surface area contributed by atoms with Gasteiger partial charge in [-0.1, -0.05) is 141 Å². The summed E-state index contributed by atoms with van der Waals surface area (Å²) < 4.78 is 0. The van der Waals surface area contributed by atoms with Gasteiger partial charge in [-0.3, -0.25) is 0 Å². The molecule has 0 radical (unpaired) electrons. The van der Waals surface area contributed by atoms with Crippen molar-refractivity contribution in [3.8, 4) is 54.5 Å². The van der Waals surface area contributed by atoms with Crippen molar-refractivity contribution in [3.05, 3.63) is 169 Å². The van der Waals surface area contributed by atoms with E-state index in [9.17, 15) is 0 Å². The van der Waals surface area contributed by atoms with E-state index in [-0.39, 0.29) is 5.41 Å². The Bertz CT molecular complexity index is 2550. The summed E-state index contributed by atoms with van der Waals surface area (Å²) in [4.78, 5) is 9.04. The minimum Gasteiger partial charge on any atom is -0.310 e. The highest BCUT2D eigenvalue weighted by atomic mass is 32.1. The van der Waals surface area contributed by atoms with Crippen LogP contribution in [0.25, 0.3) is 65.3 Å². The summed E-state index contributed by atoms with van der Waals surface area (Å²) in [5.74, 6) is 0. The molecule has 2 aliphatic carbocycles. The molecule has 0 saturated heterocycles. The van der Waals surface area contributed by atoms with Crippen molar-refractivity contribution in [2.45, 2.75) is 19.3 Å². The van der Waals surface area contributed by atoms with Crippen LogP contribution in [0.4, 0.5) is 17.1 Å². The molecule has 3 heteroatoms. The number of benzene rings is 7. The van der Waals surface area contributed by atoms with Gasteiger partial charge in [0, 0.05) is 44.3 Å². The number of para-hydroxylation sites is 1. The molecule has 10 rings (SSSR count). The molecule has 0 N–H and O–H groups in total. The lowest BCUT2D eigenvalue weighted by Crippen LogP contribution is -2.16. The van der Waals surface area contributed by atoms with Gasteiger partial charge >= 0.3 is 0 Å². The molecule has 2 nitrogen and oxygen atoms in total. The lowest BCUT2D eigenvalue weighted by atomic mass is 9.82. The highest BCUT2D eigenvalue weighted by molar-refractivity contribution is 7.19. The topological polar surface area (TPSA) is 16.1 Å². The third-order valence-electron chi connectivity index (χ3n) is 10.5. The van der Waals surface area contributed by atoms with Gasteiger partial charge in [-0.25, -0.2) is 4.98 Å². The van der Waals surface area contributed by atoms with E-state index in [1.807, 2.05) is 0 Å². The van der Waals surface area contributed by atoms with Crippen molar-refractivity contribution < 1.29 is 0 Å². The van der Waals surface area contributed by atoms with Gasteiger partial charge in [-0.15, -0.1) is 11.3 Å². The van der Waals surface area contributed by atoms with E-state index >= 15 is 0 Å².